The minimum atomic E-state index is -1.92. The summed E-state index contributed by atoms with van der Waals surface area (Å²) in [5.41, 5.74) is 2.01. The fourth-order valence-corrected chi connectivity index (χ4v) is 5.12. The SMILES string of the molecule is COS(=O)c1cc(-c2ccc(-n3cc(C(C)(C)O)nc3Cc3ccc(Cl)cc3Cl)cc2)cc(F)c1CO. The van der Waals surface area contributed by atoms with Crippen molar-refractivity contribution in [2.45, 2.75) is 37.4 Å². The highest BCUT2D eigenvalue weighted by Crippen LogP contribution is 2.30. The molecular weight excluding hydrogens is 538 g/mol. The van der Waals surface area contributed by atoms with Crippen molar-refractivity contribution in [3.05, 3.63) is 99.3 Å². The molecule has 0 aliphatic rings. The van der Waals surface area contributed by atoms with E-state index in [1.807, 2.05) is 22.8 Å². The third kappa shape index (κ3) is 5.95. The second-order valence-electron chi connectivity index (χ2n) is 8.93. The van der Waals surface area contributed by atoms with E-state index in [4.69, 9.17) is 27.4 Å². The zero-order chi connectivity index (χ0) is 26.9. The van der Waals surface area contributed by atoms with Crippen LogP contribution >= 0.6 is 23.2 Å². The van der Waals surface area contributed by atoms with Crippen molar-refractivity contribution in [2.24, 2.45) is 0 Å². The van der Waals surface area contributed by atoms with Crippen molar-refractivity contribution in [1.82, 2.24) is 9.55 Å². The van der Waals surface area contributed by atoms with Crippen LogP contribution < -0.4 is 0 Å². The molecule has 0 radical (unpaired) electrons. The van der Waals surface area contributed by atoms with Crippen LogP contribution in [0.15, 0.2) is 65.7 Å². The molecule has 1 unspecified atom stereocenters. The van der Waals surface area contributed by atoms with Crippen LogP contribution in [0.5, 0.6) is 0 Å². The van der Waals surface area contributed by atoms with Crippen LogP contribution in [-0.2, 0) is 33.9 Å². The Morgan fingerprint density at radius 2 is 1.78 bits per heavy atom. The minimum absolute atomic E-state index is 0.0661. The van der Waals surface area contributed by atoms with Gasteiger partial charge in [-0.25, -0.2) is 13.6 Å². The summed E-state index contributed by atoms with van der Waals surface area (Å²) in [7, 11) is 1.25. The summed E-state index contributed by atoms with van der Waals surface area (Å²) in [6, 6.07) is 15.4. The summed E-state index contributed by atoms with van der Waals surface area (Å²) < 4.78 is 33.6. The molecule has 37 heavy (non-hydrogen) atoms. The number of nitrogens with zero attached hydrogens (tertiary/aromatic N) is 2. The van der Waals surface area contributed by atoms with Crippen LogP contribution in [-0.4, -0.2) is 31.1 Å². The topological polar surface area (TPSA) is 84.6 Å². The summed E-state index contributed by atoms with van der Waals surface area (Å²) in [5, 5.41) is 21.1. The fourth-order valence-electron chi connectivity index (χ4n) is 3.88. The average Bonchev–Trinajstić information content (AvgIpc) is 3.29. The number of aliphatic hydroxyl groups is 2. The molecule has 1 aromatic heterocycles. The van der Waals surface area contributed by atoms with Crippen LogP contribution in [0.2, 0.25) is 10.0 Å². The number of rotatable bonds is 8. The van der Waals surface area contributed by atoms with Crippen LogP contribution in [0.3, 0.4) is 0 Å². The largest absolute Gasteiger partial charge is 0.392 e. The summed E-state index contributed by atoms with van der Waals surface area (Å²) in [5.74, 6) is -0.0127. The van der Waals surface area contributed by atoms with Gasteiger partial charge in [-0.15, -0.1) is 0 Å². The number of aliphatic hydroxyl groups excluding tert-OH is 1. The van der Waals surface area contributed by atoms with Crippen LogP contribution in [0.1, 0.15) is 36.5 Å². The van der Waals surface area contributed by atoms with Crippen molar-refractivity contribution >= 4 is 34.3 Å². The van der Waals surface area contributed by atoms with Crippen molar-refractivity contribution in [3.8, 4) is 16.8 Å². The number of halogens is 3. The monoisotopic (exact) mass is 562 g/mol. The molecule has 0 aliphatic carbocycles. The molecule has 2 N–H and O–H groups in total. The van der Waals surface area contributed by atoms with Gasteiger partial charge in [0.2, 0.25) is 0 Å². The maximum Gasteiger partial charge on any atom is 0.189 e. The van der Waals surface area contributed by atoms with Gasteiger partial charge in [0.15, 0.2) is 11.1 Å². The second-order valence-corrected chi connectivity index (χ2v) is 11.0. The Kier molecular flexibility index (Phi) is 8.18. The first-order chi connectivity index (χ1) is 17.5. The van der Waals surface area contributed by atoms with Gasteiger partial charge in [-0.2, -0.15) is 0 Å². The summed E-state index contributed by atoms with van der Waals surface area (Å²) in [6.07, 6.45) is 2.16. The lowest BCUT2D eigenvalue weighted by Crippen LogP contribution is -2.15. The molecule has 0 saturated heterocycles. The molecule has 6 nitrogen and oxygen atoms in total. The van der Waals surface area contributed by atoms with Gasteiger partial charge < -0.3 is 14.8 Å². The van der Waals surface area contributed by atoms with Crippen molar-refractivity contribution in [3.63, 3.8) is 0 Å². The van der Waals surface area contributed by atoms with Crippen LogP contribution in [0, 0.1) is 5.82 Å². The third-order valence-corrected chi connectivity index (χ3v) is 7.50. The van der Waals surface area contributed by atoms with E-state index in [1.54, 1.807) is 50.4 Å². The lowest BCUT2D eigenvalue weighted by Gasteiger charge is -2.13. The first-order valence-electron chi connectivity index (χ1n) is 11.3. The van der Waals surface area contributed by atoms with Crippen molar-refractivity contribution in [2.75, 3.05) is 7.11 Å². The highest BCUT2D eigenvalue weighted by atomic mass is 35.5. The van der Waals surface area contributed by atoms with E-state index in [0.717, 1.165) is 11.3 Å². The quantitative estimate of drug-likeness (QED) is 0.276. The van der Waals surface area contributed by atoms with Crippen molar-refractivity contribution < 1.29 is 23.0 Å². The Morgan fingerprint density at radius 1 is 1.08 bits per heavy atom. The van der Waals surface area contributed by atoms with Crippen LogP contribution in [0.25, 0.3) is 16.8 Å². The molecule has 0 aliphatic heterocycles. The maximum atomic E-state index is 14.7. The molecular formula is C27H25Cl2FN2O4S. The Hall–Kier alpha value is -2.59. The zero-order valence-electron chi connectivity index (χ0n) is 20.3. The van der Waals surface area contributed by atoms with E-state index < -0.39 is 29.1 Å². The lowest BCUT2D eigenvalue weighted by atomic mass is 10.0. The first-order valence-corrected chi connectivity index (χ1v) is 13.1. The summed E-state index contributed by atoms with van der Waals surface area (Å²) >= 11 is 10.5. The van der Waals surface area contributed by atoms with E-state index in [2.05, 4.69) is 4.98 Å². The predicted molar refractivity (Wildman–Crippen MR) is 143 cm³/mol. The smallest absolute Gasteiger partial charge is 0.189 e. The summed E-state index contributed by atoms with van der Waals surface area (Å²) in [4.78, 5) is 4.75. The number of imidazole rings is 1. The highest BCUT2D eigenvalue weighted by Gasteiger charge is 2.23. The van der Waals surface area contributed by atoms with Gasteiger partial charge in [0.1, 0.15) is 17.2 Å². The highest BCUT2D eigenvalue weighted by molar-refractivity contribution is 7.80. The third-order valence-electron chi connectivity index (χ3n) is 5.89. The maximum absolute atomic E-state index is 14.7. The van der Waals surface area contributed by atoms with Gasteiger partial charge in [0, 0.05) is 33.9 Å². The normalized spacial score (nSPS) is 12.6. The Morgan fingerprint density at radius 3 is 2.38 bits per heavy atom. The Balaban J connectivity index is 1.74. The minimum Gasteiger partial charge on any atom is -0.392 e. The van der Waals surface area contributed by atoms with E-state index in [0.29, 0.717) is 39.1 Å². The van der Waals surface area contributed by atoms with Gasteiger partial charge >= 0.3 is 0 Å². The molecule has 1 atom stereocenters. The molecule has 0 amide bonds. The van der Waals surface area contributed by atoms with Gasteiger partial charge in [0.05, 0.1) is 24.3 Å². The molecule has 1 heterocycles. The predicted octanol–water partition coefficient (Wildman–Crippen LogP) is 5.96. The molecule has 3 aromatic carbocycles. The van der Waals surface area contributed by atoms with E-state index >= 15 is 0 Å². The summed E-state index contributed by atoms with van der Waals surface area (Å²) in [6.45, 7) is 2.72. The van der Waals surface area contributed by atoms with Gasteiger partial charge in [-0.05, 0) is 66.9 Å². The zero-order valence-corrected chi connectivity index (χ0v) is 22.7. The van der Waals surface area contributed by atoms with Crippen molar-refractivity contribution in [1.29, 1.82) is 0 Å². The molecule has 0 fully saturated rings. The lowest BCUT2D eigenvalue weighted by molar-refractivity contribution is 0.0741. The van der Waals surface area contributed by atoms with Gasteiger partial charge in [0.25, 0.3) is 0 Å². The first kappa shape index (κ1) is 27.4. The van der Waals surface area contributed by atoms with Crippen LogP contribution in [0.4, 0.5) is 4.39 Å². The fraction of sp³-hybridized carbons (Fsp3) is 0.222. The van der Waals surface area contributed by atoms with Gasteiger partial charge in [-0.1, -0.05) is 41.4 Å². The van der Waals surface area contributed by atoms with E-state index in [-0.39, 0.29) is 10.5 Å². The molecule has 0 saturated carbocycles. The number of aromatic nitrogens is 2. The number of hydrogen-bond donors (Lipinski definition) is 2. The number of hydrogen-bond acceptors (Lipinski definition) is 5. The average molecular weight is 563 g/mol. The number of benzene rings is 3. The molecule has 4 aromatic rings. The molecule has 0 bridgehead atoms. The Bertz CT molecular complexity index is 1470. The Labute approximate surface area is 226 Å². The molecule has 0 spiro atoms. The van der Waals surface area contributed by atoms with E-state index in [1.165, 1.54) is 13.2 Å². The van der Waals surface area contributed by atoms with E-state index in [9.17, 15) is 18.8 Å². The standard InChI is InChI=1S/C27H25Cl2FN2O4S/c1-27(2,34)25-14-32(26(31-25)12-17-4-7-19(28)13-22(17)29)20-8-5-16(6-9-20)18-10-23(30)21(15-33)24(11-18)37(35)36-3/h4-11,13-14,33-34H,12,15H2,1-3H3. The second kappa shape index (κ2) is 11.0. The molecule has 10 heteroatoms. The molecule has 194 valence electrons. The van der Waals surface area contributed by atoms with Gasteiger partial charge in [-0.3, -0.25) is 4.18 Å². The molecule has 4 rings (SSSR count).